The molecule has 24 heavy (non-hydrogen) atoms. The minimum atomic E-state index is -0.118. The molecular weight excluding hydrogens is 360 g/mol. The van der Waals surface area contributed by atoms with E-state index in [9.17, 15) is 4.79 Å². The van der Waals surface area contributed by atoms with Gasteiger partial charge in [-0.05, 0) is 53.8 Å². The molecule has 0 unspecified atom stereocenters. The van der Waals surface area contributed by atoms with E-state index in [0.29, 0.717) is 0 Å². The zero-order valence-electron chi connectivity index (χ0n) is 13.0. The Kier molecular flexibility index (Phi) is 4.57. The molecule has 6 heteroatoms. The zero-order valence-corrected chi connectivity index (χ0v) is 15.4. The van der Waals surface area contributed by atoms with Crippen LogP contribution in [0.3, 0.4) is 0 Å². The summed E-state index contributed by atoms with van der Waals surface area (Å²) in [6.07, 6.45) is 5.45. The van der Waals surface area contributed by atoms with E-state index in [2.05, 4.69) is 35.0 Å². The van der Waals surface area contributed by atoms with Crippen LogP contribution in [0.2, 0.25) is 0 Å². The molecule has 1 amide bonds. The van der Waals surface area contributed by atoms with Crippen LogP contribution in [-0.4, -0.2) is 22.5 Å². The van der Waals surface area contributed by atoms with E-state index >= 15 is 0 Å². The lowest BCUT2D eigenvalue weighted by Gasteiger charge is -2.28. The van der Waals surface area contributed by atoms with Gasteiger partial charge < -0.3 is 0 Å². The van der Waals surface area contributed by atoms with Gasteiger partial charge in [-0.15, -0.1) is 34.3 Å². The number of amides is 1. The highest BCUT2D eigenvalue weighted by molar-refractivity contribution is 7.11. The molecule has 3 heterocycles. The molecule has 0 saturated heterocycles. The number of carbonyl (C=O) groups is 1. The Hall–Kier alpha value is -1.43. The van der Waals surface area contributed by atoms with Crippen molar-refractivity contribution in [2.24, 2.45) is 11.0 Å². The van der Waals surface area contributed by atoms with Crippen LogP contribution in [-0.2, 0) is 4.79 Å². The van der Waals surface area contributed by atoms with Gasteiger partial charge >= 0.3 is 0 Å². The number of rotatable bonds is 3. The highest BCUT2D eigenvalue weighted by Gasteiger charge is 2.43. The van der Waals surface area contributed by atoms with E-state index in [-0.39, 0.29) is 23.7 Å². The molecule has 0 bridgehead atoms. The molecular formula is C18H17ClN2OS2. The molecule has 1 fully saturated rings. The number of halogens is 1. The first-order chi connectivity index (χ1) is 11.8. The summed E-state index contributed by atoms with van der Waals surface area (Å²) in [5.74, 6) is 0.123. The number of hydrogen-bond acceptors (Lipinski definition) is 4. The molecule has 124 valence electrons. The van der Waals surface area contributed by atoms with Crippen LogP contribution in [0.25, 0.3) is 6.08 Å². The molecule has 2 aromatic rings. The summed E-state index contributed by atoms with van der Waals surface area (Å²) in [4.78, 5) is 14.8. The van der Waals surface area contributed by atoms with Crippen LogP contribution < -0.4 is 0 Å². The van der Waals surface area contributed by atoms with Gasteiger partial charge in [0.2, 0.25) is 0 Å². The number of nitrogens with zero attached hydrogens (tertiary/aromatic N) is 2. The number of hydrogen-bond donors (Lipinski definition) is 0. The van der Waals surface area contributed by atoms with E-state index in [1.165, 1.54) is 15.3 Å². The molecule has 1 saturated carbocycles. The van der Waals surface area contributed by atoms with Gasteiger partial charge in [-0.2, -0.15) is 5.10 Å². The summed E-state index contributed by atoms with van der Waals surface area (Å²) in [6, 6.07) is 8.31. The molecule has 1 aliphatic heterocycles. The lowest BCUT2D eigenvalue weighted by atomic mass is 9.79. The fourth-order valence-electron chi connectivity index (χ4n) is 3.55. The van der Waals surface area contributed by atoms with Crippen molar-refractivity contribution in [3.63, 3.8) is 0 Å². The van der Waals surface area contributed by atoms with Crippen LogP contribution in [0.15, 0.2) is 45.7 Å². The predicted octanol–water partition coefficient (Wildman–Crippen LogP) is 5.17. The van der Waals surface area contributed by atoms with Gasteiger partial charge in [-0.3, -0.25) is 4.79 Å². The third-order valence-corrected chi connectivity index (χ3v) is 6.56. The summed E-state index contributed by atoms with van der Waals surface area (Å²) in [7, 11) is 0. The molecule has 3 nitrogen and oxygen atoms in total. The Bertz CT molecular complexity index is 780. The van der Waals surface area contributed by atoms with Crippen molar-refractivity contribution in [1.29, 1.82) is 0 Å². The van der Waals surface area contributed by atoms with E-state index < -0.39 is 0 Å². The van der Waals surface area contributed by atoms with Crippen LogP contribution in [0.5, 0.6) is 0 Å². The third-order valence-electron chi connectivity index (χ3n) is 4.57. The molecule has 2 aromatic heterocycles. The summed E-state index contributed by atoms with van der Waals surface area (Å²) in [6.45, 7) is 0. The Morgan fingerprint density at radius 2 is 2.17 bits per heavy atom. The fourth-order valence-corrected chi connectivity index (χ4v) is 5.23. The van der Waals surface area contributed by atoms with Crippen molar-refractivity contribution in [3.8, 4) is 0 Å². The fraction of sp³-hybridized carbons (Fsp3) is 0.333. The molecule has 2 atom stereocenters. The second-order valence-corrected chi connectivity index (χ2v) is 8.23. The summed E-state index contributed by atoms with van der Waals surface area (Å²) in [5, 5.41) is 10.5. The first-order valence-corrected chi connectivity index (χ1v) is 10.3. The van der Waals surface area contributed by atoms with Crippen molar-refractivity contribution in [1.82, 2.24) is 5.01 Å². The van der Waals surface area contributed by atoms with Crippen LogP contribution in [0.1, 0.15) is 35.1 Å². The quantitative estimate of drug-likeness (QED) is 0.680. The Balaban J connectivity index is 1.74. The van der Waals surface area contributed by atoms with Crippen LogP contribution in [0, 0.1) is 5.92 Å². The monoisotopic (exact) mass is 376 g/mol. The summed E-state index contributed by atoms with van der Waals surface area (Å²) >= 11 is 9.25. The summed E-state index contributed by atoms with van der Waals surface area (Å²) < 4.78 is 0. The normalized spacial score (nSPS) is 25.0. The van der Waals surface area contributed by atoms with Crippen molar-refractivity contribution >= 4 is 52.0 Å². The maximum atomic E-state index is 12.4. The number of thiophene rings is 2. The van der Waals surface area contributed by atoms with E-state index in [1.54, 1.807) is 27.7 Å². The number of allylic oxidation sites excluding steroid dienone is 1. The standard InChI is InChI=1S/C18H17ClN2OS2/c19-11-16(22)21-18(15-7-3-9-24-15)14-6-1-4-12(17(14)20-21)10-13-5-2-8-23-13/h2-3,5,7-10,14,18H,1,4,6,11H2/b12-10-/t14-,18-/m0/s1. The Labute approximate surface area is 154 Å². The first-order valence-electron chi connectivity index (χ1n) is 8.02. The van der Waals surface area contributed by atoms with Gasteiger partial charge in [0.05, 0.1) is 11.8 Å². The zero-order chi connectivity index (χ0) is 16.5. The largest absolute Gasteiger partial charge is 0.272 e. The van der Waals surface area contributed by atoms with Gasteiger partial charge in [0.15, 0.2) is 0 Å². The van der Waals surface area contributed by atoms with Gasteiger partial charge in [0, 0.05) is 15.7 Å². The number of fused-ring (bicyclic) bond motifs is 1. The number of alkyl halides is 1. The van der Waals surface area contributed by atoms with E-state index in [4.69, 9.17) is 16.7 Å². The molecule has 4 rings (SSSR count). The lowest BCUT2D eigenvalue weighted by Crippen LogP contribution is -2.31. The first kappa shape index (κ1) is 16.1. The maximum Gasteiger partial charge on any atom is 0.258 e. The van der Waals surface area contributed by atoms with Gasteiger partial charge in [-0.1, -0.05) is 12.1 Å². The van der Waals surface area contributed by atoms with Gasteiger partial charge in [0.25, 0.3) is 5.91 Å². The Morgan fingerprint density at radius 1 is 1.33 bits per heavy atom. The van der Waals surface area contributed by atoms with Crippen molar-refractivity contribution in [3.05, 3.63) is 50.4 Å². The minimum absolute atomic E-state index is 0.00159. The molecule has 0 radical (unpaired) electrons. The SMILES string of the molecule is O=C(CCl)N1N=C2/C(=C\c3cccs3)CCC[C@@H]2[C@H]1c1cccs1. The van der Waals surface area contributed by atoms with Gasteiger partial charge in [0.1, 0.15) is 5.88 Å². The van der Waals surface area contributed by atoms with Crippen molar-refractivity contribution in [2.45, 2.75) is 25.3 Å². The van der Waals surface area contributed by atoms with E-state index in [0.717, 1.165) is 25.0 Å². The second kappa shape index (κ2) is 6.82. The molecule has 0 aromatic carbocycles. The third kappa shape index (κ3) is 2.85. The molecule has 0 spiro atoms. The Morgan fingerprint density at radius 3 is 2.88 bits per heavy atom. The van der Waals surface area contributed by atoms with E-state index in [1.807, 2.05) is 6.07 Å². The predicted molar refractivity (Wildman–Crippen MR) is 102 cm³/mol. The van der Waals surface area contributed by atoms with Crippen LogP contribution >= 0.6 is 34.3 Å². The number of carbonyl (C=O) groups excluding carboxylic acids is 1. The maximum absolute atomic E-state index is 12.4. The average Bonchev–Trinajstić information content (AvgIpc) is 3.33. The number of hydrazone groups is 1. The van der Waals surface area contributed by atoms with Gasteiger partial charge in [-0.25, -0.2) is 5.01 Å². The molecule has 0 N–H and O–H groups in total. The minimum Gasteiger partial charge on any atom is -0.272 e. The highest BCUT2D eigenvalue weighted by Crippen LogP contribution is 2.45. The van der Waals surface area contributed by atoms with Crippen LogP contribution in [0.4, 0.5) is 0 Å². The second-order valence-electron chi connectivity index (χ2n) is 6.00. The lowest BCUT2D eigenvalue weighted by molar-refractivity contribution is -0.130. The topological polar surface area (TPSA) is 32.7 Å². The highest BCUT2D eigenvalue weighted by atomic mass is 35.5. The molecule has 1 aliphatic carbocycles. The molecule has 2 aliphatic rings. The van der Waals surface area contributed by atoms with Crippen molar-refractivity contribution < 1.29 is 4.79 Å². The summed E-state index contributed by atoms with van der Waals surface area (Å²) in [5.41, 5.74) is 2.34. The average molecular weight is 377 g/mol. The smallest absolute Gasteiger partial charge is 0.258 e. The van der Waals surface area contributed by atoms with Crippen molar-refractivity contribution in [2.75, 3.05) is 5.88 Å².